The number of carbonyl (C=O) groups is 2. The summed E-state index contributed by atoms with van der Waals surface area (Å²) >= 11 is 0. The second kappa shape index (κ2) is 7.24. The van der Waals surface area contributed by atoms with Gasteiger partial charge in [-0.3, -0.25) is 9.59 Å². The molecule has 2 amide bonds. The van der Waals surface area contributed by atoms with Crippen LogP contribution in [0.1, 0.15) is 63.0 Å². The van der Waals surface area contributed by atoms with E-state index in [0.29, 0.717) is 36.7 Å². The summed E-state index contributed by atoms with van der Waals surface area (Å²) in [5, 5.41) is 12.4. The zero-order valence-electron chi connectivity index (χ0n) is 21.1. The number of H-pyrrole nitrogens is 1. The van der Waals surface area contributed by atoms with E-state index in [2.05, 4.69) is 35.3 Å². The number of aromatic amines is 1. The Bertz CT molecular complexity index is 1290. The maximum atomic E-state index is 13.7. The number of benzene rings is 1. The van der Waals surface area contributed by atoms with Gasteiger partial charge in [0, 0.05) is 43.7 Å². The number of amides is 2. The monoisotopic (exact) mass is 486 g/mol. The van der Waals surface area contributed by atoms with Crippen LogP contribution in [-0.4, -0.2) is 57.8 Å². The van der Waals surface area contributed by atoms with Gasteiger partial charge in [0.05, 0.1) is 16.4 Å². The molecule has 2 aromatic rings. The van der Waals surface area contributed by atoms with Crippen molar-refractivity contribution in [2.75, 3.05) is 31.5 Å². The lowest BCUT2D eigenvalue weighted by Crippen LogP contribution is -2.58. The Balaban J connectivity index is 1.08. The van der Waals surface area contributed by atoms with Gasteiger partial charge in [0.2, 0.25) is 5.91 Å². The molecule has 36 heavy (non-hydrogen) atoms. The van der Waals surface area contributed by atoms with Crippen LogP contribution < -0.4 is 5.32 Å². The molecule has 1 aromatic heterocycles. The molecule has 6 aliphatic rings. The zero-order chi connectivity index (χ0) is 24.9. The maximum absolute atomic E-state index is 13.7. The van der Waals surface area contributed by atoms with Crippen LogP contribution in [0, 0.1) is 45.5 Å². The van der Waals surface area contributed by atoms with Crippen LogP contribution in [0.4, 0.5) is 5.69 Å². The average Bonchev–Trinajstić information content (AvgIpc) is 3.48. The van der Waals surface area contributed by atoms with E-state index in [-0.39, 0.29) is 28.1 Å². The first-order valence-corrected chi connectivity index (χ1v) is 13.4. The number of fused-ring (bicyclic) bond motifs is 2. The highest BCUT2D eigenvalue weighted by Crippen LogP contribution is 2.69. The topological polar surface area (TPSA) is 105 Å². The molecule has 0 radical (unpaired) electrons. The fourth-order valence-electron chi connectivity index (χ4n) is 9.54. The SMILES string of the molecule is CC12CC3CC(C)(C1)CC(C(=O)Nc1ccc4nc(C(=O)N5CC6CN(C#N)CC6C5)[nH]c4c1)(C3)C2. The molecule has 4 aliphatic carbocycles. The van der Waals surface area contributed by atoms with Crippen LogP contribution in [0.15, 0.2) is 18.2 Å². The highest BCUT2D eigenvalue weighted by Gasteiger charge is 2.62. The highest BCUT2D eigenvalue weighted by atomic mass is 16.2. The third kappa shape index (κ3) is 3.35. The van der Waals surface area contributed by atoms with Crippen LogP contribution in [-0.2, 0) is 4.79 Å². The summed E-state index contributed by atoms with van der Waals surface area (Å²) in [7, 11) is 0. The molecule has 4 bridgehead atoms. The van der Waals surface area contributed by atoms with Crippen molar-refractivity contribution in [1.82, 2.24) is 19.8 Å². The molecule has 1 aromatic carbocycles. The Hall–Kier alpha value is -3.08. The van der Waals surface area contributed by atoms with E-state index in [1.165, 1.54) is 19.3 Å². The summed E-state index contributed by atoms with van der Waals surface area (Å²) in [5.41, 5.74) is 2.55. The largest absolute Gasteiger partial charge is 0.335 e. The van der Waals surface area contributed by atoms with Crippen molar-refractivity contribution in [3.05, 3.63) is 24.0 Å². The number of imidazole rings is 1. The van der Waals surface area contributed by atoms with Gasteiger partial charge < -0.3 is 20.1 Å². The number of hydrogen-bond acceptors (Lipinski definition) is 5. The van der Waals surface area contributed by atoms with Crippen molar-refractivity contribution in [1.29, 1.82) is 5.26 Å². The molecule has 8 heteroatoms. The Labute approximate surface area is 211 Å². The number of rotatable bonds is 3. The molecule has 6 fully saturated rings. The van der Waals surface area contributed by atoms with Gasteiger partial charge in [0.25, 0.3) is 5.91 Å². The number of carbonyl (C=O) groups excluding carboxylic acids is 2. The molecule has 4 unspecified atom stereocenters. The van der Waals surface area contributed by atoms with Gasteiger partial charge in [0.1, 0.15) is 0 Å². The molecular formula is C28H34N6O2. The number of hydrogen-bond donors (Lipinski definition) is 2. The zero-order valence-corrected chi connectivity index (χ0v) is 21.1. The Morgan fingerprint density at radius 1 is 1.06 bits per heavy atom. The van der Waals surface area contributed by atoms with Gasteiger partial charge in [0.15, 0.2) is 12.0 Å². The lowest BCUT2D eigenvalue weighted by Gasteiger charge is -2.64. The molecule has 2 aliphatic heterocycles. The standard InChI is InChI=1S/C28H34N6O2/c1-26-6-17-7-27(2,13-26)15-28(8-17,14-26)25(36)30-20-3-4-21-22(5-20)32-23(31-21)24(35)34-11-18-9-33(16-29)10-19(18)12-34/h3-5,17-19H,6-15H2,1-2H3,(H,30,36)(H,31,32). The Morgan fingerprint density at radius 3 is 2.39 bits per heavy atom. The number of nitrogens with one attached hydrogen (secondary N) is 2. The highest BCUT2D eigenvalue weighted by molar-refractivity contribution is 5.98. The normalized spacial score (nSPS) is 38.4. The Morgan fingerprint density at radius 2 is 1.75 bits per heavy atom. The minimum absolute atomic E-state index is 0.0928. The van der Waals surface area contributed by atoms with E-state index in [1.807, 2.05) is 23.1 Å². The first kappa shape index (κ1) is 22.1. The van der Waals surface area contributed by atoms with Crippen molar-refractivity contribution in [3.63, 3.8) is 0 Å². The number of nitriles is 1. The Kier molecular flexibility index (Phi) is 4.45. The van der Waals surface area contributed by atoms with E-state index in [0.717, 1.165) is 49.1 Å². The molecule has 4 saturated carbocycles. The quantitative estimate of drug-likeness (QED) is 0.639. The molecule has 2 saturated heterocycles. The predicted molar refractivity (Wildman–Crippen MR) is 135 cm³/mol. The maximum Gasteiger partial charge on any atom is 0.289 e. The van der Waals surface area contributed by atoms with Gasteiger partial charge in [-0.15, -0.1) is 0 Å². The van der Waals surface area contributed by atoms with Crippen LogP contribution in [0.25, 0.3) is 11.0 Å². The molecular weight excluding hydrogens is 452 g/mol. The molecule has 2 N–H and O–H groups in total. The van der Waals surface area contributed by atoms with Gasteiger partial charge >= 0.3 is 0 Å². The summed E-state index contributed by atoms with van der Waals surface area (Å²) in [6.45, 7) is 7.57. The number of nitrogens with zero attached hydrogens (tertiary/aromatic N) is 4. The molecule has 8 nitrogen and oxygen atoms in total. The lowest BCUT2D eigenvalue weighted by molar-refractivity contribution is -0.165. The summed E-state index contributed by atoms with van der Waals surface area (Å²) in [6.07, 6.45) is 9.01. The fourth-order valence-corrected chi connectivity index (χ4v) is 9.54. The van der Waals surface area contributed by atoms with Crippen LogP contribution >= 0.6 is 0 Å². The molecule has 0 spiro atoms. The van der Waals surface area contributed by atoms with Gasteiger partial charge in [-0.25, -0.2) is 4.98 Å². The predicted octanol–water partition coefficient (Wildman–Crippen LogP) is 3.98. The van der Waals surface area contributed by atoms with Crippen molar-refractivity contribution in [2.45, 2.75) is 52.4 Å². The van der Waals surface area contributed by atoms with Crippen molar-refractivity contribution >= 4 is 28.5 Å². The third-order valence-electron chi connectivity index (χ3n) is 9.97. The first-order chi connectivity index (χ1) is 17.1. The van der Waals surface area contributed by atoms with Crippen LogP contribution in [0.5, 0.6) is 0 Å². The van der Waals surface area contributed by atoms with E-state index < -0.39 is 0 Å². The molecule has 3 heterocycles. The van der Waals surface area contributed by atoms with Gasteiger partial charge in [-0.2, -0.15) is 5.26 Å². The summed E-state index contributed by atoms with van der Waals surface area (Å²) in [6, 6.07) is 5.69. The van der Waals surface area contributed by atoms with Crippen LogP contribution in [0.3, 0.4) is 0 Å². The van der Waals surface area contributed by atoms with Crippen molar-refractivity contribution in [2.24, 2.45) is 34.0 Å². The van der Waals surface area contributed by atoms with Crippen molar-refractivity contribution in [3.8, 4) is 6.19 Å². The molecule has 8 rings (SSSR count). The summed E-state index contributed by atoms with van der Waals surface area (Å²) < 4.78 is 0. The summed E-state index contributed by atoms with van der Waals surface area (Å²) in [4.78, 5) is 38.3. The molecule has 4 atom stereocenters. The first-order valence-electron chi connectivity index (χ1n) is 13.4. The fraction of sp³-hybridized carbons (Fsp3) is 0.643. The van der Waals surface area contributed by atoms with Gasteiger partial charge in [-0.1, -0.05) is 13.8 Å². The van der Waals surface area contributed by atoms with E-state index >= 15 is 0 Å². The van der Waals surface area contributed by atoms with Crippen molar-refractivity contribution < 1.29 is 9.59 Å². The van der Waals surface area contributed by atoms with E-state index in [9.17, 15) is 9.59 Å². The smallest absolute Gasteiger partial charge is 0.289 e. The van der Waals surface area contributed by atoms with E-state index in [4.69, 9.17) is 5.26 Å². The number of aromatic nitrogens is 2. The van der Waals surface area contributed by atoms with E-state index in [1.54, 1.807) is 4.90 Å². The minimum Gasteiger partial charge on any atom is -0.335 e. The number of likely N-dealkylation sites (tertiary alicyclic amines) is 2. The minimum atomic E-state index is -0.262. The second-order valence-corrected chi connectivity index (χ2v) is 13.4. The number of anilines is 1. The lowest BCUT2D eigenvalue weighted by atomic mass is 9.40. The average molecular weight is 487 g/mol. The van der Waals surface area contributed by atoms with Crippen LogP contribution in [0.2, 0.25) is 0 Å². The molecule has 188 valence electrons. The van der Waals surface area contributed by atoms with Gasteiger partial charge in [-0.05, 0) is 73.5 Å². The third-order valence-corrected chi connectivity index (χ3v) is 9.97. The second-order valence-electron chi connectivity index (χ2n) is 13.4. The summed E-state index contributed by atoms with van der Waals surface area (Å²) in [5.74, 6) is 1.79.